The Morgan fingerprint density at radius 3 is 2.83 bits per heavy atom. The fourth-order valence-electron chi connectivity index (χ4n) is 2.65. The van der Waals surface area contributed by atoms with Crippen molar-refractivity contribution in [2.75, 3.05) is 11.1 Å². The highest BCUT2D eigenvalue weighted by Gasteiger charge is 2.18. The fraction of sp³-hybridized carbons (Fsp3) is 0.250. The number of nitrogens with one attached hydrogen (secondary N) is 1. The van der Waals surface area contributed by atoms with E-state index in [1.807, 2.05) is 45.2 Å². The molecule has 1 aromatic heterocycles. The number of nitrogens with zero attached hydrogens (tertiary/aromatic N) is 3. The van der Waals surface area contributed by atoms with E-state index >= 15 is 0 Å². The number of benzene rings is 2. The number of halogens is 2. The van der Waals surface area contributed by atoms with E-state index in [2.05, 4.69) is 15.5 Å². The predicted molar refractivity (Wildman–Crippen MR) is 112 cm³/mol. The van der Waals surface area contributed by atoms with Crippen LogP contribution in [-0.2, 0) is 11.8 Å². The first kappa shape index (κ1) is 21.1. The van der Waals surface area contributed by atoms with Gasteiger partial charge in [-0.2, -0.15) is 0 Å². The molecule has 0 bridgehead atoms. The Morgan fingerprint density at radius 1 is 1.31 bits per heavy atom. The summed E-state index contributed by atoms with van der Waals surface area (Å²) >= 11 is 6.97. The lowest BCUT2D eigenvalue weighted by atomic mass is 10.2. The van der Waals surface area contributed by atoms with Crippen molar-refractivity contribution >= 4 is 35.0 Å². The van der Waals surface area contributed by atoms with Crippen LogP contribution in [0.5, 0.6) is 5.75 Å². The number of carbonyl (C=O) groups excluding carboxylic acids is 1. The van der Waals surface area contributed by atoms with Crippen molar-refractivity contribution in [1.29, 1.82) is 0 Å². The first-order valence-corrected chi connectivity index (χ1v) is 10.2. The predicted octanol–water partition coefficient (Wildman–Crippen LogP) is 4.79. The summed E-state index contributed by atoms with van der Waals surface area (Å²) in [7, 11) is 1.82. The zero-order valence-electron chi connectivity index (χ0n) is 16.1. The van der Waals surface area contributed by atoms with Gasteiger partial charge in [0.2, 0.25) is 5.91 Å². The average Bonchev–Trinajstić information content (AvgIpc) is 3.04. The number of aromatic nitrogens is 3. The Bertz CT molecular complexity index is 1030. The van der Waals surface area contributed by atoms with Crippen molar-refractivity contribution in [2.24, 2.45) is 7.05 Å². The molecule has 0 aliphatic heterocycles. The summed E-state index contributed by atoms with van der Waals surface area (Å²) in [6.45, 7) is 3.89. The van der Waals surface area contributed by atoms with Crippen LogP contribution >= 0.6 is 23.4 Å². The minimum absolute atomic E-state index is 0.0454. The lowest BCUT2D eigenvalue weighted by Crippen LogP contribution is -2.15. The number of carbonyl (C=O) groups is 1. The monoisotopic (exact) mass is 434 g/mol. The normalized spacial score (nSPS) is 11.9. The highest BCUT2D eigenvalue weighted by atomic mass is 35.5. The molecule has 0 aliphatic rings. The number of anilines is 1. The van der Waals surface area contributed by atoms with Crippen LogP contribution < -0.4 is 10.1 Å². The van der Waals surface area contributed by atoms with Gasteiger partial charge in [0.25, 0.3) is 0 Å². The van der Waals surface area contributed by atoms with Gasteiger partial charge in [0.15, 0.2) is 17.1 Å². The van der Waals surface area contributed by atoms with E-state index in [0.717, 1.165) is 11.3 Å². The number of thioether (sulfide) groups is 1. The topological polar surface area (TPSA) is 69.0 Å². The van der Waals surface area contributed by atoms with Gasteiger partial charge in [0.1, 0.15) is 11.6 Å². The van der Waals surface area contributed by atoms with Crippen molar-refractivity contribution in [2.45, 2.75) is 25.1 Å². The van der Waals surface area contributed by atoms with E-state index in [4.69, 9.17) is 16.3 Å². The molecule has 1 atom stereocenters. The molecule has 3 rings (SSSR count). The maximum Gasteiger partial charge on any atom is 0.234 e. The molecule has 0 aliphatic carbocycles. The van der Waals surface area contributed by atoms with Crippen molar-refractivity contribution in [3.05, 3.63) is 64.7 Å². The number of hydrogen-bond acceptors (Lipinski definition) is 5. The van der Waals surface area contributed by atoms with Crippen LogP contribution in [0.2, 0.25) is 5.02 Å². The van der Waals surface area contributed by atoms with E-state index in [1.54, 1.807) is 4.57 Å². The van der Waals surface area contributed by atoms with E-state index in [-0.39, 0.29) is 22.8 Å². The van der Waals surface area contributed by atoms with Gasteiger partial charge in [-0.25, -0.2) is 4.39 Å². The number of rotatable bonds is 7. The molecular formula is C20H20ClFN4O2S. The molecule has 1 unspecified atom stereocenters. The first-order valence-electron chi connectivity index (χ1n) is 8.84. The third-order valence-corrected chi connectivity index (χ3v) is 5.38. The SMILES string of the molecule is Cc1cccc(OC(C)c2nnc(SCC(=O)Nc3ccc(F)c(Cl)c3)n2C)c1. The number of amides is 1. The van der Waals surface area contributed by atoms with E-state index in [9.17, 15) is 9.18 Å². The van der Waals surface area contributed by atoms with E-state index in [0.29, 0.717) is 16.7 Å². The quantitative estimate of drug-likeness (QED) is 0.541. The molecule has 0 radical (unpaired) electrons. The summed E-state index contributed by atoms with van der Waals surface area (Å²) in [6.07, 6.45) is -0.307. The largest absolute Gasteiger partial charge is 0.483 e. The zero-order valence-corrected chi connectivity index (χ0v) is 17.7. The van der Waals surface area contributed by atoms with E-state index < -0.39 is 5.82 Å². The molecule has 6 nitrogen and oxygen atoms in total. The average molecular weight is 435 g/mol. The lowest BCUT2D eigenvalue weighted by Gasteiger charge is -2.14. The Hall–Kier alpha value is -2.58. The van der Waals surface area contributed by atoms with Gasteiger partial charge in [-0.15, -0.1) is 10.2 Å². The second kappa shape index (κ2) is 9.28. The molecule has 3 aromatic rings. The van der Waals surface area contributed by atoms with Crippen LogP contribution in [0.25, 0.3) is 0 Å². The van der Waals surface area contributed by atoms with Crippen LogP contribution in [0, 0.1) is 12.7 Å². The highest BCUT2D eigenvalue weighted by Crippen LogP contribution is 2.24. The number of ether oxygens (including phenoxy) is 1. The molecule has 0 saturated carbocycles. The van der Waals surface area contributed by atoms with Gasteiger partial charge in [0, 0.05) is 12.7 Å². The van der Waals surface area contributed by atoms with Crippen molar-refractivity contribution in [1.82, 2.24) is 14.8 Å². The second-order valence-corrected chi connectivity index (χ2v) is 7.79. The van der Waals surface area contributed by atoms with Crippen LogP contribution in [0.1, 0.15) is 24.4 Å². The van der Waals surface area contributed by atoms with Gasteiger partial charge in [-0.1, -0.05) is 35.5 Å². The Morgan fingerprint density at radius 2 is 2.10 bits per heavy atom. The highest BCUT2D eigenvalue weighted by molar-refractivity contribution is 7.99. The minimum atomic E-state index is -0.535. The maximum atomic E-state index is 13.2. The second-order valence-electron chi connectivity index (χ2n) is 6.44. The summed E-state index contributed by atoms with van der Waals surface area (Å²) < 4.78 is 20.9. The van der Waals surface area contributed by atoms with Gasteiger partial charge in [-0.3, -0.25) is 4.79 Å². The van der Waals surface area contributed by atoms with Gasteiger partial charge in [-0.05, 0) is 49.7 Å². The van der Waals surface area contributed by atoms with Crippen LogP contribution in [0.4, 0.5) is 10.1 Å². The Kier molecular flexibility index (Phi) is 6.76. The van der Waals surface area contributed by atoms with Crippen molar-refractivity contribution in [3.63, 3.8) is 0 Å². The van der Waals surface area contributed by atoms with Crippen molar-refractivity contribution < 1.29 is 13.9 Å². The van der Waals surface area contributed by atoms with Crippen molar-refractivity contribution in [3.8, 4) is 5.75 Å². The fourth-order valence-corrected chi connectivity index (χ4v) is 3.55. The number of aryl methyl sites for hydroxylation is 1. The third kappa shape index (κ3) is 5.48. The van der Waals surface area contributed by atoms with Gasteiger partial charge in [0.05, 0.1) is 10.8 Å². The lowest BCUT2D eigenvalue weighted by molar-refractivity contribution is -0.113. The smallest absolute Gasteiger partial charge is 0.234 e. The third-order valence-electron chi connectivity index (χ3n) is 4.07. The molecule has 9 heteroatoms. The molecule has 29 heavy (non-hydrogen) atoms. The summed E-state index contributed by atoms with van der Waals surface area (Å²) in [6, 6.07) is 11.8. The molecular weight excluding hydrogens is 415 g/mol. The molecule has 1 N–H and O–H groups in total. The maximum absolute atomic E-state index is 13.2. The summed E-state index contributed by atoms with van der Waals surface area (Å²) in [5.74, 6) is 0.736. The molecule has 0 spiro atoms. The molecule has 2 aromatic carbocycles. The summed E-state index contributed by atoms with van der Waals surface area (Å²) in [5, 5.41) is 11.6. The molecule has 0 saturated heterocycles. The van der Waals surface area contributed by atoms with Crippen LogP contribution in [-0.4, -0.2) is 26.4 Å². The molecule has 0 fully saturated rings. The first-order chi connectivity index (χ1) is 13.8. The van der Waals surface area contributed by atoms with E-state index in [1.165, 1.54) is 30.0 Å². The Labute approximate surface area is 177 Å². The standard InChI is InChI=1S/C20H20ClFN4O2S/c1-12-5-4-6-15(9-12)28-13(2)19-24-25-20(26(19)3)29-11-18(27)23-14-7-8-17(22)16(21)10-14/h4-10,13H,11H2,1-3H3,(H,23,27). The zero-order chi connectivity index (χ0) is 21.0. The Balaban J connectivity index is 1.58. The van der Waals surface area contributed by atoms with Crippen LogP contribution in [0.15, 0.2) is 47.6 Å². The molecule has 1 amide bonds. The summed E-state index contributed by atoms with van der Waals surface area (Å²) in [5.41, 5.74) is 1.54. The molecule has 152 valence electrons. The van der Waals surface area contributed by atoms with Gasteiger partial charge >= 0.3 is 0 Å². The minimum Gasteiger partial charge on any atom is -0.483 e. The van der Waals surface area contributed by atoms with Gasteiger partial charge < -0.3 is 14.6 Å². The molecule has 1 heterocycles. The number of hydrogen-bond donors (Lipinski definition) is 1. The summed E-state index contributed by atoms with van der Waals surface area (Å²) in [4.78, 5) is 12.2. The van der Waals surface area contributed by atoms with Crippen LogP contribution in [0.3, 0.4) is 0 Å².